The van der Waals surface area contributed by atoms with Crippen molar-refractivity contribution in [2.24, 2.45) is 11.3 Å². The Morgan fingerprint density at radius 2 is 1.71 bits per heavy atom. The molecule has 2 saturated heterocycles. The van der Waals surface area contributed by atoms with E-state index in [1.165, 1.54) is 6.42 Å². The average molecular weight is 386 g/mol. The molecule has 4 rings (SSSR count). The van der Waals surface area contributed by atoms with Crippen LogP contribution in [-0.4, -0.2) is 61.1 Å². The van der Waals surface area contributed by atoms with Gasteiger partial charge >= 0.3 is 6.03 Å². The van der Waals surface area contributed by atoms with Crippen LogP contribution in [0.4, 0.5) is 4.79 Å². The SMILES string of the molecule is O=C(CC1CCC12CCN(C(=O)NCc1ccccc1)CC2)N1CCOCC1. The van der Waals surface area contributed by atoms with E-state index in [1.807, 2.05) is 40.1 Å². The molecule has 0 aromatic heterocycles. The van der Waals surface area contributed by atoms with E-state index >= 15 is 0 Å². The zero-order valence-electron chi connectivity index (χ0n) is 16.6. The second-order valence-electron chi connectivity index (χ2n) is 8.43. The molecule has 152 valence electrons. The van der Waals surface area contributed by atoms with E-state index in [4.69, 9.17) is 4.74 Å². The highest BCUT2D eigenvalue weighted by Crippen LogP contribution is 2.55. The Hall–Kier alpha value is -2.08. The number of hydrogen-bond acceptors (Lipinski definition) is 3. The minimum absolute atomic E-state index is 0.0268. The molecule has 1 aromatic rings. The molecule has 1 N–H and O–H groups in total. The number of piperidine rings is 1. The highest BCUT2D eigenvalue weighted by molar-refractivity contribution is 5.77. The number of amides is 3. The van der Waals surface area contributed by atoms with Crippen molar-refractivity contribution >= 4 is 11.9 Å². The van der Waals surface area contributed by atoms with Crippen molar-refractivity contribution in [2.75, 3.05) is 39.4 Å². The highest BCUT2D eigenvalue weighted by Gasteiger charge is 2.49. The summed E-state index contributed by atoms with van der Waals surface area (Å²) < 4.78 is 5.35. The van der Waals surface area contributed by atoms with E-state index in [-0.39, 0.29) is 17.4 Å². The molecule has 1 aliphatic carbocycles. The van der Waals surface area contributed by atoms with Gasteiger partial charge in [0.1, 0.15) is 0 Å². The number of hydrogen-bond donors (Lipinski definition) is 1. The molecule has 0 bridgehead atoms. The summed E-state index contributed by atoms with van der Waals surface area (Å²) in [5, 5.41) is 3.03. The van der Waals surface area contributed by atoms with Gasteiger partial charge in [0.05, 0.1) is 13.2 Å². The van der Waals surface area contributed by atoms with E-state index in [9.17, 15) is 9.59 Å². The number of rotatable bonds is 4. The van der Waals surface area contributed by atoms with Gasteiger partial charge in [-0.25, -0.2) is 4.79 Å². The van der Waals surface area contributed by atoms with Crippen molar-refractivity contribution in [3.63, 3.8) is 0 Å². The number of benzene rings is 1. The van der Waals surface area contributed by atoms with E-state index < -0.39 is 0 Å². The summed E-state index contributed by atoms with van der Waals surface area (Å²) in [5.74, 6) is 0.771. The predicted octanol–water partition coefficient (Wildman–Crippen LogP) is 2.64. The number of nitrogens with one attached hydrogen (secondary N) is 1. The molecule has 1 unspecified atom stereocenters. The molecular weight excluding hydrogens is 354 g/mol. The number of carbonyl (C=O) groups excluding carboxylic acids is 2. The fraction of sp³-hybridized carbons (Fsp3) is 0.636. The first kappa shape index (κ1) is 19.2. The Morgan fingerprint density at radius 1 is 1.00 bits per heavy atom. The monoisotopic (exact) mass is 385 g/mol. The Morgan fingerprint density at radius 3 is 2.36 bits per heavy atom. The molecule has 3 aliphatic rings. The lowest BCUT2D eigenvalue weighted by Gasteiger charge is -2.54. The predicted molar refractivity (Wildman–Crippen MR) is 107 cm³/mol. The van der Waals surface area contributed by atoms with Gasteiger partial charge < -0.3 is 19.9 Å². The minimum Gasteiger partial charge on any atom is -0.378 e. The molecule has 1 spiro atoms. The van der Waals surface area contributed by atoms with Gasteiger partial charge in [-0.1, -0.05) is 30.3 Å². The lowest BCUT2D eigenvalue weighted by molar-refractivity contribution is -0.140. The van der Waals surface area contributed by atoms with Gasteiger partial charge in [-0.2, -0.15) is 0 Å². The van der Waals surface area contributed by atoms with Gasteiger partial charge in [0.15, 0.2) is 0 Å². The Kier molecular flexibility index (Phi) is 5.85. The second-order valence-corrected chi connectivity index (χ2v) is 8.43. The zero-order chi connectivity index (χ0) is 19.4. The first-order valence-electron chi connectivity index (χ1n) is 10.6. The zero-order valence-corrected chi connectivity index (χ0v) is 16.6. The van der Waals surface area contributed by atoms with Crippen LogP contribution in [0.15, 0.2) is 30.3 Å². The molecular formula is C22H31N3O3. The molecule has 2 heterocycles. The van der Waals surface area contributed by atoms with Crippen LogP contribution < -0.4 is 5.32 Å². The largest absolute Gasteiger partial charge is 0.378 e. The first-order chi connectivity index (χ1) is 13.7. The average Bonchev–Trinajstić information content (AvgIpc) is 2.76. The number of carbonyl (C=O) groups is 2. The Labute approximate surface area is 167 Å². The van der Waals surface area contributed by atoms with Crippen LogP contribution in [-0.2, 0) is 16.1 Å². The van der Waals surface area contributed by atoms with Gasteiger partial charge in [0.2, 0.25) is 5.91 Å². The van der Waals surface area contributed by atoms with Crippen LogP contribution in [0.2, 0.25) is 0 Å². The van der Waals surface area contributed by atoms with Crippen molar-refractivity contribution < 1.29 is 14.3 Å². The van der Waals surface area contributed by atoms with Crippen LogP contribution >= 0.6 is 0 Å². The van der Waals surface area contributed by atoms with Crippen LogP contribution in [0.25, 0.3) is 0 Å². The Balaban J connectivity index is 1.23. The van der Waals surface area contributed by atoms with Gasteiger partial charge in [0, 0.05) is 39.1 Å². The third kappa shape index (κ3) is 4.17. The molecule has 6 nitrogen and oxygen atoms in total. The summed E-state index contributed by atoms with van der Waals surface area (Å²) >= 11 is 0. The molecule has 0 radical (unpaired) electrons. The fourth-order valence-corrected chi connectivity index (χ4v) is 4.93. The normalized spacial score (nSPS) is 23.9. The lowest BCUT2D eigenvalue weighted by Crippen LogP contribution is -2.53. The summed E-state index contributed by atoms with van der Waals surface area (Å²) in [7, 11) is 0. The third-order valence-corrected chi connectivity index (χ3v) is 6.97. The molecule has 28 heavy (non-hydrogen) atoms. The van der Waals surface area contributed by atoms with Crippen LogP contribution in [0, 0.1) is 11.3 Å². The van der Waals surface area contributed by atoms with E-state index in [0.29, 0.717) is 32.1 Å². The molecule has 1 atom stereocenters. The van der Waals surface area contributed by atoms with E-state index in [2.05, 4.69) is 5.32 Å². The quantitative estimate of drug-likeness (QED) is 0.867. The molecule has 3 fully saturated rings. The highest BCUT2D eigenvalue weighted by atomic mass is 16.5. The number of nitrogens with zero attached hydrogens (tertiary/aromatic N) is 2. The van der Waals surface area contributed by atoms with E-state index in [1.54, 1.807) is 0 Å². The maximum Gasteiger partial charge on any atom is 0.317 e. The van der Waals surface area contributed by atoms with Crippen molar-refractivity contribution in [2.45, 2.75) is 38.6 Å². The van der Waals surface area contributed by atoms with Crippen molar-refractivity contribution in [1.82, 2.24) is 15.1 Å². The summed E-state index contributed by atoms with van der Waals surface area (Å²) in [6, 6.07) is 10.0. The molecule has 3 amide bonds. The summed E-state index contributed by atoms with van der Waals surface area (Å²) in [6.45, 7) is 4.94. The molecule has 1 aromatic carbocycles. The minimum atomic E-state index is 0.0268. The molecule has 6 heteroatoms. The van der Waals surface area contributed by atoms with Crippen LogP contribution in [0.3, 0.4) is 0 Å². The number of morpholine rings is 1. The lowest BCUT2D eigenvalue weighted by atomic mass is 9.54. The number of urea groups is 1. The summed E-state index contributed by atoms with van der Waals surface area (Å²) in [5.41, 5.74) is 1.39. The van der Waals surface area contributed by atoms with Gasteiger partial charge in [-0.05, 0) is 42.6 Å². The fourth-order valence-electron chi connectivity index (χ4n) is 4.93. The number of ether oxygens (including phenoxy) is 1. The van der Waals surface area contributed by atoms with Crippen molar-refractivity contribution in [3.05, 3.63) is 35.9 Å². The number of likely N-dealkylation sites (tertiary alicyclic amines) is 1. The smallest absolute Gasteiger partial charge is 0.317 e. The van der Waals surface area contributed by atoms with Crippen molar-refractivity contribution in [3.8, 4) is 0 Å². The molecule has 2 aliphatic heterocycles. The Bertz CT molecular complexity index is 680. The van der Waals surface area contributed by atoms with Crippen molar-refractivity contribution in [1.29, 1.82) is 0 Å². The standard InChI is InChI=1S/C22H31N3O3/c26-20(24-12-14-28-15-13-24)16-19-6-7-22(19)8-10-25(11-9-22)21(27)23-17-18-4-2-1-3-5-18/h1-5,19H,6-17H2,(H,23,27). The van der Waals surface area contributed by atoms with Crippen LogP contribution in [0.1, 0.15) is 37.7 Å². The maximum atomic E-state index is 12.6. The van der Waals surface area contributed by atoms with Crippen LogP contribution in [0.5, 0.6) is 0 Å². The summed E-state index contributed by atoms with van der Waals surface area (Å²) in [6.07, 6.45) is 5.06. The first-order valence-corrected chi connectivity index (χ1v) is 10.6. The third-order valence-electron chi connectivity index (χ3n) is 6.97. The molecule has 1 saturated carbocycles. The van der Waals surface area contributed by atoms with E-state index in [0.717, 1.165) is 51.0 Å². The van der Waals surface area contributed by atoms with Gasteiger partial charge in [-0.15, -0.1) is 0 Å². The van der Waals surface area contributed by atoms with Gasteiger partial charge in [0.25, 0.3) is 0 Å². The second kappa shape index (κ2) is 8.52. The maximum absolute atomic E-state index is 12.6. The topological polar surface area (TPSA) is 61.9 Å². The van der Waals surface area contributed by atoms with Gasteiger partial charge in [-0.3, -0.25) is 4.79 Å². The summed E-state index contributed by atoms with van der Waals surface area (Å²) in [4.78, 5) is 29.0.